The highest BCUT2D eigenvalue weighted by atomic mass is 14.6. The van der Waals surface area contributed by atoms with Crippen molar-refractivity contribution in [1.82, 2.24) is 0 Å². The summed E-state index contributed by atoms with van der Waals surface area (Å²) in [5, 5.41) is 0. The van der Waals surface area contributed by atoms with Crippen LogP contribution in [0, 0.1) is 24.2 Å². The van der Waals surface area contributed by atoms with Crippen molar-refractivity contribution in [1.29, 1.82) is 0 Å². The largest absolute Gasteiger partial charge is 0.333 e. The van der Waals surface area contributed by atoms with Crippen LogP contribution in [0.3, 0.4) is 0 Å². The molecule has 2 N–H and O–H groups in total. The number of aryl methyl sites for hydroxylation is 2. The monoisotopic (exact) mass is 339 g/mol. The van der Waals surface area contributed by atoms with Crippen molar-refractivity contribution in [2.75, 3.05) is 7.05 Å². The van der Waals surface area contributed by atoms with E-state index in [1.807, 2.05) is 5.57 Å². The van der Waals surface area contributed by atoms with E-state index >= 15 is 0 Å². The van der Waals surface area contributed by atoms with E-state index in [-0.39, 0.29) is 0 Å². The van der Waals surface area contributed by atoms with Gasteiger partial charge < -0.3 is 5.73 Å². The van der Waals surface area contributed by atoms with E-state index in [0.717, 1.165) is 17.8 Å². The highest BCUT2D eigenvalue weighted by molar-refractivity contribution is 5.38. The first-order valence-corrected chi connectivity index (χ1v) is 10.5. The van der Waals surface area contributed by atoms with Gasteiger partial charge in [0, 0.05) is 0 Å². The molecular weight excluding hydrogens is 302 g/mol. The Morgan fingerprint density at radius 2 is 1.96 bits per heavy atom. The van der Waals surface area contributed by atoms with Crippen LogP contribution in [0.4, 0.5) is 0 Å². The van der Waals surface area contributed by atoms with Crippen molar-refractivity contribution in [3.63, 3.8) is 0 Å². The first kappa shape index (κ1) is 18.7. The molecule has 4 atom stereocenters. The third-order valence-electron chi connectivity index (χ3n) is 7.41. The van der Waals surface area contributed by atoms with Gasteiger partial charge in [-0.3, -0.25) is 0 Å². The lowest BCUT2D eigenvalue weighted by atomic mass is 9.55. The molecule has 4 unspecified atom stereocenters. The number of hydrogen-bond donors (Lipinski definition) is 1. The SMILES string of the molecule is CCC/C=C1/CCC2C3CCc4cc(C)ccc4C3CCC12C.CN. The lowest BCUT2D eigenvalue weighted by molar-refractivity contribution is 0.0812. The van der Waals surface area contributed by atoms with Gasteiger partial charge in [0.1, 0.15) is 0 Å². The Bertz CT molecular complexity index is 629. The second-order valence-corrected chi connectivity index (χ2v) is 8.63. The molecule has 0 aromatic heterocycles. The van der Waals surface area contributed by atoms with Gasteiger partial charge in [-0.05, 0) is 93.2 Å². The van der Waals surface area contributed by atoms with Gasteiger partial charge in [0.15, 0.2) is 0 Å². The van der Waals surface area contributed by atoms with Crippen LogP contribution in [-0.4, -0.2) is 7.05 Å². The summed E-state index contributed by atoms with van der Waals surface area (Å²) in [6.07, 6.45) is 13.6. The van der Waals surface area contributed by atoms with Crippen molar-refractivity contribution in [3.8, 4) is 0 Å². The second-order valence-electron chi connectivity index (χ2n) is 8.63. The third-order valence-corrected chi connectivity index (χ3v) is 7.41. The number of rotatable bonds is 2. The Hall–Kier alpha value is -1.08. The fraction of sp³-hybridized carbons (Fsp3) is 0.667. The molecular formula is C24H37N. The molecule has 2 saturated carbocycles. The van der Waals surface area contributed by atoms with Crippen molar-refractivity contribution >= 4 is 0 Å². The van der Waals surface area contributed by atoms with Gasteiger partial charge in [-0.25, -0.2) is 0 Å². The molecule has 1 nitrogen and oxygen atoms in total. The van der Waals surface area contributed by atoms with E-state index in [1.54, 1.807) is 11.1 Å². The Labute approximate surface area is 155 Å². The van der Waals surface area contributed by atoms with Crippen molar-refractivity contribution in [2.24, 2.45) is 23.0 Å². The molecule has 0 radical (unpaired) electrons. The van der Waals surface area contributed by atoms with Crippen molar-refractivity contribution in [3.05, 3.63) is 46.5 Å². The molecule has 2 fully saturated rings. The Kier molecular flexibility index (Phi) is 5.73. The Balaban J connectivity index is 0.000000880. The van der Waals surface area contributed by atoms with E-state index in [2.05, 4.69) is 50.8 Å². The average molecular weight is 340 g/mol. The van der Waals surface area contributed by atoms with E-state index < -0.39 is 0 Å². The molecule has 3 aliphatic rings. The number of unbranched alkanes of at least 4 members (excludes halogenated alkanes) is 1. The van der Waals surface area contributed by atoms with E-state index in [4.69, 9.17) is 0 Å². The molecule has 0 heterocycles. The molecule has 3 aliphatic carbocycles. The van der Waals surface area contributed by atoms with Crippen LogP contribution in [0.25, 0.3) is 0 Å². The minimum atomic E-state index is 0.526. The Morgan fingerprint density at radius 1 is 1.16 bits per heavy atom. The molecule has 25 heavy (non-hydrogen) atoms. The molecule has 0 spiro atoms. The maximum Gasteiger partial charge on any atom is -0.00850 e. The van der Waals surface area contributed by atoms with Crippen molar-refractivity contribution < 1.29 is 0 Å². The van der Waals surface area contributed by atoms with Gasteiger partial charge in [0.05, 0.1) is 0 Å². The quantitative estimate of drug-likeness (QED) is 0.642. The summed E-state index contributed by atoms with van der Waals surface area (Å²) in [6.45, 7) is 7.15. The lowest BCUT2D eigenvalue weighted by Gasteiger charge is -2.49. The van der Waals surface area contributed by atoms with Crippen LogP contribution in [0.2, 0.25) is 0 Å². The van der Waals surface area contributed by atoms with Crippen LogP contribution in [0.15, 0.2) is 29.8 Å². The summed E-state index contributed by atoms with van der Waals surface area (Å²) in [5.74, 6) is 2.73. The van der Waals surface area contributed by atoms with Crippen LogP contribution >= 0.6 is 0 Å². The summed E-state index contributed by atoms with van der Waals surface area (Å²) < 4.78 is 0. The molecule has 0 saturated heterocycles. The molecule has 1 aromatic rings. The molecule has 138 valence electrons. The van der Waals surface area contributed by atoms with Gasteiger partial charge in [-0.15, -0.1) is 0 Å². The molecule has 4 rings (SSSR count). The van der Waals surface area contributed by atoms with Crippen LogP contribution < -0.4 is 5.73 Å². The van der Waals surface area contributed by atoms with E-state index in [0.29, 0.717) is 5.41 Å². The maximum atomic E-state index is 4.50. The molecule has 0 amide bonds. The predicted molar refractivity (Wildman–Crippen MR) is 109 cm³/mol. The maximum absolute atomic E-state index is 4.50. The van der Waals surface area contributed by atoms with Gasteiger partial charge in [0.25, 0.3) is 0 Å². The molecule has 1 heteroatoms. The normalized spacial score (nSPS) is 34.6. The smallest absolute Gasteiger partial charge is 0.00850 e. The van der Waals surface area contributed by atoms with Crippen molar-refractivity contribution in [2.45, 2.75) is 78.1 Å². The summed E-state index contributed by atoms with van der Waals surface area (Å²) in [5.41, 5.74) is 11.7. The number of benzene rings is 1. The number of allylic oxidation sites excluding steroid dienone is 2. The number of hydrogen-bond acceptors (Lipinski definition) is 1. The summed E-state index contributed by atoms with van der Waals surface area (Å²) in [6, 6.07) is 7.27. The van der Waals surface area contributed by atoms with Gasteiger partial charge in [-0.1, -0.05) is 55.7 Å². The minimum absolute atomic E-state index is 0.526. The summed E-state index contributed by atoms with van der Waals surface area (Å²) in [4.78, 5) is 0. The summed E-state index contributed by atoms with van der Waals surface area (Å²) in [7, 11) is 1.50. The lowest BCUT2D eigenvalue weighted by Crippen LogP contribution is -2.40. The first-order valence-electron chi connectivity index (χ1n) is 10.5. The minimum Gasteiger partial charge on any atom is -0.333 e. The van der Waals surface area contributed by atoms with E-state index in [9.17, 15) is 0 Å². The third kappa shape index (κ3) is 3.21. The Morgan fingerprint density at radius 3 is 2.72 bits per heavy atom. The zero-order chi connectivity index (χ0) is 18.0. The highest BCUT2D eigenvalue weighted by Crippen LogP contribution is 2.62. The average Bonchev–Trinajstić information content (AvgIpc) is 2.97. The van der Waals surface area contributed by atoms with E-state index in [1.165, 1.54) is 64.0 Å². The molecule has 0 aliphatic heterocycles. The molecule has 1 aromatic carbocycles. The van der Waals surface area contributed by atoms with Gasteiger partial charge in [-0.2, -0.15) is 0 Å². The van der Waals surface area contributed by atoms with Crippen LogP contribution in [-0.2, 0) is 6.42 Å². The number of fused-ring (bicyclic) bond motifs is 5. The predicted octanol–water partition coefficient (Wildman–Crippen LogP) is 6.15. The fourth-order valence-electron chi connectivity index (χ4n) is 6.21. The first-order chi connectivity index (χ1) is 12.1. The topological polar surface area (TPSA) is 26.0 Å². The zero-order valence-corrected chi connectivity index (χ0v) is 16.8. The fourth-order valence-corrected chi connectivity index (χ4v) is 6.21. The van der Waals surface area contributed by atoms with Crippen LogP contribution in [0.1, 0.15) is 81.4 Å². The highest BCUT2D eigenvalue weighted by Gasteiger charge is 2.52. The summed E-state index contributed by atoms with van der Waals surface area (Å²) >= 11 is 0. The number of nitrogens with two attached hydrogens (primary N) is 1. The zero-order valence-electron chi connectivity index (χ0n) is 16.8. The van der Waals surface area contributed by atoms with Crippen LogP contribution in [0.5, 0.6) is 0 Å². The second kappa shape index (κ2) is 7.66. The standard InChI is InChI=1S/C23H32.CH5N/c1-4-5-6-18-9-12-22-21-11-8-17-15-16(2)7-10-19(17)20(21)13-14-23(18,22)3;1-2/h6-7,10,15,20-22H,4-5,8-9,11-14H2,1-3H3;2H2,1H3/b18-6-;. The van der Waals surface area contributed by atoms with Gasteiger partial charge in [0.2, 0.25) is 0 Å². The van der Waals surface area contributed by atoms with Gasteiger partial charge >= 0.3 is 0 Å². The molecule has 0 bridgehead atoms.